The molecule has 146 valence electrons. The predicted octanol–water partition coefficient (Wildman–Crippen LogP) is 4.47. The minimum atomic E-state index is -0.398. The molecule has 0 aliphatic carbocycles. The Bertz CT molecular complexity index is 968. The van der Waals surface area contributed by atoms with Gasteiger partial charge in [-0.25, -0.2) is 4.39 Å². The molecule has 0 aliphatic rings. The fourth-order valence-corrected chi connectivity index (χ4v) is 3.42. The van der Waals surface area contributed by atoms with Crippen molar-refractivity contribution in [1.29, 1.82) is 0 Å². The van der Waals surface area contributed by atoms with Crippen molar-refractivity contribution in [3.8, 4) is 5.75 Å². The molecule has 4 nitrogen and oxygen atoms in total. The summed E-state index contributed by atoms with van der Waals surface area (Å²) in [5.74, 6) is -0.170. The largest absolute Gasteiger partial charge is 0.494 e. The fraction of sp³-hybridized carbons (Fsp3) is 0.261. The highest BCUT2D eigenvalue weighted by atomic mass is 19.1. The zero-order valence-electron chi connectivity index (χ0n) is 16.5. The molecular formula is C23H25FN2O2. The van der Waals surface area contributed by atoms with Crippen molar-refractivity contribution in [2.45, 2.75) is 13.5 Å². The van der Waals surface area contributed by atoms with Crippen LogP contribution in [0.3, 0.4) is 0 Å². The molecule has 0 saturated carbocycles. The van der Waals surface area contributed by atoms with Crippen LogP contribution < -0.4 is 9.64 Å². The summed E-state index contributed by atoms with van der Waals surface area (Å²) >= 11 is 0. The molecule has 0 bridgehead atoms. The molecule has 0 unspecified atom stereocenters. The van der Waals surface area contributed by atoms with Crippen molar-refractivity contribution in [2.75, 3.05) is 32.1 Å². The summed E-state index contributed by atoms with van der Waals surface area (Å²) in [6.45, 7) is 3.26. The third-order valence-corrected chi connectivity index (χ3v) is 4.75. The number of amides is 1. The average Bonchev–Trinajstić information content (AvgIpc) is 2.69. The molecule has 0 fully saturated rings. The van der Waals surface area contributed by atoms with E-state index in [0.717, 1.165) is 22.0 Å². The van der Waals surface area contributed by atoms with E-state index in [1.54, 1.807) is 11.0 Å². The summed E-state index contributed by atoms with van der Waals surface area (Å²) < 4.78 is 18.8. The van der Waals surface area contributed by atoms with Crippen LogP contribution in [0.1, 0.15) is 12.5 Å². The molecule has 3 rings (SSSR count). The van der Waals surface area contributed by atoms with Crippen LogP contribution in [0.5, 0.6) is 5.75 Å². The van der Waals surface area contributed by atoms with E-state index in [4.69, 9.17) is 4.74 Å². The van der Waals surface area contributed by atoms with Crippen LogP contribution >= 0.6 is 0 Å². The van der Waals surface area contributed by atoms with Crippen molar-refractivity contribution in [2.24, 2.45) is 0 Å². The molecule has 0 spiro atoms. The van der Waals surface area contributed by atoms with Gasteiger partial charge in [0.15, 0.2) is 11.6 Å². The quantitative estimate of drug-likeness (QED) is 0.606. The lowest BCUT2D eigenvalue weighted by atomic mass is 10.1. The van der Waals surface area contributed by atoms with Gasteiger partial charge in [0, 0.05) is 18.5 Å². The third kappa shape index (κ3) is 4.31. The van der Waals surface area contributed by atoms with E-state index in [9.17, 15) is 9.18 Å². The van der Waals surface area contributed by atoms with Gasteiger partial charge in [0.05, 0.1) is 19.3 Å². The van der Waals surface area contributed by atoms with Crippen LogP contribution in [0.15, 0.2) is 60.7 Å². The van der Waals surface area contributed by atoms with Crippen LogP contribution in [0, 0.1) is 5.82 Å². The van der Waals surface area contributed by atoms with E-state index in [-0.39, 0.29) is 18.2 Å². The van der Waals surface area contributed by atoms with Gasteiger partial charge >= 0.3 is 0 Å². The minimum Gasteiger partial charge on any atom is -0.494 e. The Morgan fingerprint density at radius 3 is 2.54 bits per heavy atom. The molecule has 0 saturated heterocycles. The molecule has 3 aromatic rings. The SMILES string of the molecule is CCN(C(=O)CN(C)Cc1ccc(OC)c(F)c1)c1cccc2ccccc12. The van der Waals surface area contributed by atoms with E-state index >= 15 is 0 Å². The fourth-order valence-electron chi connectivity index (χ4n) is 3.42. The number of methoxy groups -OCH3 is 1. The van der Waals surface area contributed by atoms with Gasteiger partial charge in [0.2, 0.25) is 5.91 Å². The molecular weight excluding hydrogens is 355 g/mol. The highest BCUT2D eigenvalue weighted by Gasteiger charge is 2.18. The highest BCUT2D eigenvalue weighted by Crippen LogP contribution is 2.27. The molecule has 0 atom stereocenters. The van der Waals surface area contributed by atoms with Gasteiger partial charge in [-0.3, -0.25) is 9.69 Å². The Kier molecular flexibility index (Phi) is 6.26. The van der Waals surface area contributed by atoms with Crippen molar-refractivity contribution in [3.05, 3.63) is 72.0 Å². The van der Waals surface area contributed by atoms with Crippen molar-refractivity contribution >= 4 is 22.4 Å². The molecule has 28 heavy (non-hydrogen) atoms. The number of ether oxygens (including phenoxy) is 1. The average molecular weight is 380 g/mol. The van der Waals surface area contributed by atoms with E-state index in [0.29, 0.717) is 13.1 Å². The smallest absolute Gasteiger partial charge is 0.241 e. The zero-order chi connectivity index (χ0) is 20.1. The van der Waals surface area contributed by atoms with Crippen LogP contribution in [0.4, 0.5) is 10.1 Å². The second-order valence-corrected chi connectivity index (χ2v) is 6.78. The first-order valence-electron chi connectivity index (χ1n) is 9.32. The van der Waals surface area contributed by atoms with Crippen molar-refractivity contribution in [3.63, 3.8) is 0 Å². The number of fused-ring (bicyclic) bond motifs is 1. The predicted molar refractivity (Wildman–Crippen MR) is 111 cm³/mol. The summed E-state index contributed by atoms with van der Waals surface area (Å²) in [5.41, 5.74) is 1.70. The van der Waals surface area contributed by atoms with Crippen LogP contribution in [0.2, 0.25) is 0 Å². The lowest BCUT2D eigenvalue weighted by molar-refractivity contribution is -0.119. The van der Waals surface area contributed by atoms with E-state index in [2.05, 4.69) is 0 Å². The van der Waals surface area contributed by atoms with Gasteiger partial charge in [-0.15, -0.1) is 0 Å². The first-order valence-corrected chi connectivity index (χ1v) is 9.32. The van der Waals surface area contributed by atoms with Crippen molar-refractivity contribution in [1.82, 2.24) is 4.90 Å². The van der Waals surface area contributed by atoms with Gasteiger partial charge in [-0.2, -0.15) is 0 Å². The number of carbonyl (C=O) groups excluding carboxylic acids is 1. The maximum Gasteiger partial charge on any atom is 0.241 e. The van der Waals surface area contributed by atoms with Crippen LogP contribution in [-0.4, -0.2) is 38.1 Å². The number of nitrogens with zero attached hydrogens (tertiary/aromatic N) is 2. The number of rotatable bonds is 7. The van der Waals surface area contributed by atoms with Crippen molar-refractivity contribution < 1.29 is 13.9 Å². The summed E-state index contributed by atoms with van der Waals surface area (Å²) in [5, 5.41) is 2.16. The Morgan fingerprint density at radius 1 is 1.07 bits per heavy atom. The maximum absolute atomic E-state index is 13.9. The second-order valence-electron chi connectivity index (χ2n) is 6.78. The molecule has 3 aromatic carbocycles. The van der Waals surface area contributed by atoms with Crippen LogP contribution in [-0.2, 0) is 11.3 Å². The summed E-state index contributed by atoms with van der Waals surface area (Å²) in [6, 6.07) is 18.9. The minimum absolute atomic E-state index is 0.00957. The molecule has 5 heteroatoms. The number of benzene rings is 3. The number of hydrogen-bond acceptors (Lipinski definition) is 3. The van der Waals surface area contributed by atoms with Gasteiger partial charge in [-0.05, 0) is 43.1 Å². The Labute approximate surface area is 165 Å². The van der Waals surface area contributed by atoms with Gasteiger partial charge < -0.3 is 9.64 Å². The molecule has 0 aliphatic heterocycles. The molecule has 0 N–H and O–H groups in total. The van der Waals surface area contributed by atoms with Crippen LogP contribution in [0.25, 0.3) is 10.8 Å². The second kappa shape index (κ2) is 8.85. The first kappa shape index (κ1) is 19.8. The molecule has 0 aromatic heterocycles. The monoisotopic (exact) mass is 380 g/mol. The Morgan fingerprint density at radius 2 is 1.82 bits per heavy atom. The number of likely N-dealkylation sites (N-methyl/N-ethyl adjacent to an activating group) is 2. The third-order valence-electron chi connectivity index (χ3n) is 4.75. The number of halogens is 1. The maximum atomic E-state index is 13.9. The summed E-state index contributed by atoms with van der Waals surface area (Å²) in [4.78, 5) is 16.7. The molecule has 0 heterocycles. The first-order chi connectivity index (χ1) is 13.5. The summed E-state index contributed by atoms with van der Waals surface area (Å²) in [6.07, 6.45) is 0. The Hall–Kier alpha value is -2.92. The number of hydrogen-bond donors (Lipinski definition) is 0. The lowest BCUT2D eigenvalue weighted by Crippen LogP contribution is -2.39. The van der Waals surface area contributed by atoms with Gasteiger partial charge in [-0.1, -0.05) is 42.5 Å². The van der Waals surface area contributed by atoms with E-state index in [1.807, 2.05) is 67.4 Å². The number of carbonyl (C=O) groups is 1. The standard InChI is InChI=1S/C23H25FN2O2/c1-4-26(21-11-7-9-18-8-5-6-10-19(18)21)23(27)16-25(2)15-17-12-13-22(28-3)20(24)14-17/h5-14H,4,15-16H2,1-3H3. The number of anilines is 1. The van der Waals surface area contributed by atoms with Gasteiger partial charge in [0.1, 0.15) is 0 Å². The normalized spacial score (nSPS) is 11.0. The lowest BCUT2D eigenvalue weighted by Gasteiger charge is -2.25. The highest BCUT2D eigenvalue weighted by molar-refractivity contribution is 6.04. The topological polar surface area (TPSA) is 32.8 Å². The molecule has 0 radical (unpaired) electrons. The van der Waals surface area contributed by atoms with E-state index in [1.165, 1.54) is 13.2 Å². The van der Waals surface area contributed by atoms with Gasteiger partial charge in [0.25, 0.3) is 0 Å². The zero-order valence-corrected chi connectivity index (χ0v) is 16.5. The Balaban J connectivity index is 1.74. The molecule has 1 amide bonds. The van der Waals surface area contributed by atoms with E-state index < -0.39 is 5.82 Å². The summed E-state index contributed by atoms with van der Waals surface area (Å²) in [7, 11) is 3.30.